The van der Waals surface area contributed by atoms with Gasteiger partial charge in [-0.05, 0) is 25.1 Å². The highest BCUT2D eigenvalue weighted by molar-refractivity contribution is 7.99. The minimum absolute atomic E-state index is 0.325. The highest BCUT2D eigenvalue weighted by atomic mass is 32.2. The van der Waals surface area contributed by atoms with Gasteiger partial charge in [0.05, 0.1) is 16.7 Å². The highest BCUT2D eigenvalue weighted by Crippen LogP contribution is 2.29. The van der Waals surface area contributed by atoms with E-state index in [0.717, 1.165) is 25.2 Å². The number of pyridine rings is 1. The van der Waals surface area contributed by atoms with Gasteiger partial charge in [0.25, 0.3) is 0 Å². The monoisotopic (exact) mass is 289 g/mol. The van der Waals surface area contributed by atoms with E-state index in [1.54, 1.807) is 0 Å². The Bertz CT molecular complexity index is 425. The van der Waals surface area contributed by atoms with Crippen molar-refractivity contribution in [2.45, 2.75) is 30.6 Å². The van der Waals surface area contributed by atoms with Gasteiger partial charge in [0.1, 0.15) is 6.04 Å². The summed E-state index contributed by atoms with van der Waals surface area (Å²) in [6, 6.07) is 4.10. The van der Waals surface area contributed by atoms with Crippen LogP contribution in [0.25, 0.3) is 0 Å². The fourth-order valence-corrected chi connectivity index (χ4v) is 2.08. The van der Waals surface area contributed by atoms with Crippen LogP contribution in [0.3, 0.4) is 0 Å². The molecule has 1 atom stereocenters. The van der Waals surface area contributed by atoms with Gasteiger partial charge in [-0.1, -0.05) is 6.92 Å². The van der Waals surface area contributed by atoms with E-state index in [-0.39, 0.29) is 6.04 Å². The second-order valence-corrected chi connectivity index (χ2v) is 4.87. The Morgan fingerprint density at radius 1 is 1.47 bits per heavy atom. The lowest BCUT2D eigenvalue weighted by Crippen LogP contribution is -2.30. The van der Waals surface area contributed by atoms with E-state index in [9.17, 15) is 13.2 Å². The zero-order valence-electron chi connectivity index (χ0n) is 10.4. The Hall–Kier alpha value is -1.26. The Morgan fingerprint density at radius 2 is 2.21 bits per heavy atom. The van der Waals surface area contributed by atoms with Gasteiger partial charge >= 0.3 is 6.18 Å². The van der Waals surface area contributed by atoms with Gasteiger partial charge < -0.3 is 5.32 Å². The number of thioether (sulfide) groups is 1. The van der Waals surface area contributed by atoms with Gasteiger partial charge in [-0.25, -0.2) is 4.98 Å². The number of rotatable bonds is 6. The van der Waals surface area contributed by atoms with E-state index in [0.29, 0.717) is 10.8 Å². The predicted molar refractivity (Wildman–Crippen MR) is 67.7 cm³/mol. The minimum atomic E-state index is -4.37. The van der Waals surface area contributed by atoms with E-state index in [1.807, 2.05) is 6.92 Å². The molecule has 0 aromatic carbocycles. The number of nitrogens with zero attached hydrogens (tertiary/aromatic N) is 2. The van der Waals surface area contributed by atoms with E-state index in [4.69, 9.17) is 5.26 Å². The van der Waals surface area contributed by atoms with Crippen LogP contribution in [0.15, 0.2) is 23.4 Å². The second-order valence-electron chi connectivity index (χ2n) is 3.83. The number of hydrogen-bond acceptors (Lipinski definition) is 4. The maximum Gasteiger partial charge on any atom is 0.417 e. The van der Waals surface area contributed by atoms with Crippen LogP contribution in [0, 0.1) is 11.3 Å². The molecule has 0 saturated carbocycles. The summed E-state index contributed by atoms with van der Waals surface area (Å²) in [7, 11) is 0. The lowest BCUT2D eigenvalue weighted by molar-refractivity contribution is -0.137. The molecule has 19 heavy (non-hydrogen) atoms. The van der Waals surface area contributed by atoms with Crippen LogP contribution >= 0.6 is 11.8 Å². The van der Waals surface area contributed by atoms with Crippen molar-refractivity contribution in [1.29, 1.82) is 5.26 Å². The number of alkyl halides is 3. The molecule has 0 fully saturated rings. The van der Waals surface area contributed by atoms with Crippen molar-refractivity contribution in [3.63, 3.8) is 0 Å². The standard InChI is InChI=1S/C12H14F3N3S/c1-2-5-17-10(6-16)8-19-11-4-3-9(7-18-11)12(13,14)15/h3-4,7,10,17H,2,5,8H2,1H3. The first-order valence-electron chi connectivity index (χ1n) is 5.76. The third-order valence-electron chi connectivity index (χ3n) is 2.26. The van der Waals surface area contributed by atoms with Crippen LogP contribution in [0.4, 0.5) is 13.2 Å². The Kier molecular flexibility index (Phi) is 6.12. The molecule has 0 aliphatic heterocycles. The van der Waals surface area contributed by atoms with Crippen molar-refractivity contribution in [2.24, 2.45) is 0 Å². The quantitative estimate of drug-likeness (QED) is 0.818. The molecule has 1 unspecified atom stereocenters. The molecule has 0 aliphatic carbocycles. The molecule has 0 amide bonds. The molecule has 1 N–H and O–H groups in total. The predicted octanol–water partition coefficient (Wildman–Crippen LogP) is 3.08. The minimum Gasteiger partial charge on any atom is -0.301 e. The molecule has 0 radical (unpaired) electrons. The molecule has 7 heteroatoms. The molecule has 1 heterocycles. The van der Waals surface area contributed by atoms with Gasteiger partial charge in [-0.3, -0.25) is 0 Å². The van der Waals surface area contributed by atoms with Crippen molar-refractivity contribution in [1.82, 2.24) is 10.3 Å². The number of hydrogen-bond donors (Lipinski definition) is 1. The maximum atomic E-state index is 12.3. The maximum absolute atomic E-state index is 12.3. The third-order valence-corrected chi connectivity index (χ3v) is 3.30. The Morgan fingerprint density at radius 3 is 2.68 bits per heavy atom. The van der Waals surface area contributed by atoms with Gasteiger partial charge in [0, 0.05) is 11.9 Å². The van der Waals surface area contributed by atoms with Crippen molar-refractivity contribution >= 4 is 11.8 Å². The van der Waals surface area contributed by atoms with Crippen molar-refractivity contribution in [2.75, 3.05) is 12.3 Å². The SMILES string of the molecule is CCCNC(C#N)CSc1ccc(C(F)(F)F)cn1. The van der Waals surface area contributed by atoms with Crippen LogP contribution in [-0.2, 0) is 6.18 Å². The average molecular weight is 289 g/mol. The molecule has 1 rings (SSSR count). The van der Waals surface area contributed by atoms with E-state index >= 15 is 0 Å². The highest BCUT2D eigenvalue weighted by Gasteiger charge is 2.30. The smallest absolute Gasteiger partial charge is 0.301 e. The fraction of sp³-hybridized carbons (Fsp3) is 0.500. The molecule has 3 nitrogen and oxygen atoms in total. The van der Waals surface area contributed by atoms with Crippen LogP contribution in [0.5, 0.6) is 0 Å². The number of nitriles is 1. The normalized spacial score (nSPS) is 13.0. The average Bonchev–Trinajstić information content (AvgIpc) is 2.38. The lowest BCUT2D eigenvalue weighted by Gasteiger charge is -2.10. The first kappa shape index (κ1) is 15.8. The summed E-state index contributed by atoms with van der Waals surface area (Å²) in [6.07, 6.45) is -2.64. The summed E-state index contributed by atoms with van der Waals surface area (Å²) in [6.45, 7) is 2.73. The first-order valence-corrected chi connectivity index (χ1v) is 6.75. The molecular formula is C12H14F3N3S. The van der Waals surface area contributed by atoms with Gasteiger partial charge in [-0.15, -0.1) is 11.8 Å². The summed E-state index contributed by atoms with van der Waals surface area (Å²) in [5, 5.41) is 12.4. The first-order chi connectivity index (χ1) is 8.97. The fourth-order valence-electron chi connectivity index (χ4n) is 1.26. The largest absolute Gasteiger partial charge is 0.417 e. The summed E-state index contributed by atoms with van der Waals surface area (Å²) in [4.78, 5) is 3.74. The molecular weight excluding hydrogens is 275 g/mol. The van der Waals surface area contributed by atoms with Crippen LogP contribution in [0.1, 0.15) is 18.9 Å². The third kappa shape index (κ3) is 5.49. The number of halogens is 3. The summed E-state index contributed by atoms with van der Waals surface area (Å²) < 4.78 is 37.0. The summed E-state index contributed by atoms with van der Waals surface area (Å²) in [5.74, 6) is 0.453. The van der Waals surface area contributed by atoms with Gasteiger partial charge in [0.15, 0.2) is 0 Å². The molecule has 104 valence electrons. The molecule has 1 aromatic rings. The second kappa shape index (κ2) is 7.36. The summed E-state index contributed by atoms with van der Waals surface area (Å²) in [5.41, 5.74) is -0.766. The van der Waals surface area contributed by atoms with Crippen molar-refractivity contribution in [3.05, 3.63) is 23.9 Å². The van der Waals surface area contributed by atoms with Crippen molar-refractivity contribution in [3.8, 4) is 6.07 Å². The van der Waals surface area contributed by atoms with Crippen LogP contribution in [0.2, 0.25) is 0 Å². The zero-order valence-corrected chi connectivity index (χ0v) is 11.2. The van der Waals surface area contributed by atoms with Crippen LogP contribution in [-0.4, -0.2) is 23.3 Å². The number of nitrogens with one attached hydrogen (secondary N) is 1. The molecule has 0 spiro atoms. The van der Waals surface area contributed by atoms with E-state index < -0.39 is 11.7 Å². The van der Waals surface area contributed by atoms with E-state index in [1.165, 1.54) is 17.8 Å². The van der Waals surface area contributed by atoms with Crippen molar-refractivity contribution < 1.29 is 13.2 Å². The molecule has 0 saturated heterocycles. The van der Waals surface area contributed by atoms with E-state index in [2.05, 4.69) is 16.4 Å². The van der Waals surface area contributed by atoms with Gasteiger partial charge in [-0.2, -0.15) is 18.4 Å². The molecule has 0 aliphatic rings. The molecule has 1 aromatic heterocycles. The summed E-state index contributed by atoms with van der Waals surface area (Å²) >= 11 is 1.26. The topological polar surface area (TPSA) is 48.7 Å². The zero-order chi connectivity index (χ0) is 14.3. The lowest BCUT2D eigenvalue weighted by atomic mass is 10.3. The Labute approximate surface area is 114 Å². The molecule has 0 bridgehead atoms. The van der Waals surface area contributed by atoms with Gasteiger partial charge in [0.2, 0.25) is 0 Å². The number of aromatic nitrogens is 1. The Balaban J connectivity index is 2.52. The van der Waals surface area contributed by atoms with Crippen LogP contribution < -0.4 is 5.32 Å².